The van der Waals surface area contributed by atoms with Crippen LogP contribution in [0.5, 0.6) is 0 Å². The lowest BCUT2D eigenvalue weighted by Gasteiger charge is -2.16. The summed E-state index contributed by atoms with van der Waals surface area (Å²) in [5.41, 5.74) is 0.648. The minimum absolute atomic E-state index is 0.195. The molecule has 2 heteroatoms. The van der Waals surface area contributed by atoms with E-state index in [0.717, 1.165) is 12.0 Å². The van der Waals surface area contributed by atoms with Crippen LogP contribution < -0.4 is 0 Å². The van der Waals surface area contributed by atoms with E-state index in [4.69, 9.17) is 0 Å². The first-order valence-corrected chi connectivity index (χ1v) is 5.37. The van der Waals surface area contributed by atoms with E-state index in [1.54, 1.807) is 0 Å². The number of aliphatic carboxylic acids is 1. The van der Waals surface area contributed by atoms with Gasteiger partial charge in [-0.1, -0.05) is 44.2 Å². The molecule has 0 aliphatic heterocycles. The van der Waals surface area contributed by atoms with Gasteiger partial charge in [0.05, 0.1) is 5.41 Å². The molecule has 0 aromatic heterocycles. The van der Waals surface area contributed by atoms with Gasteiger partial charge in [-0.05, 0) is 17.9 Å². The van der Waals surface area contributed by atoms with Gasteiger partial charge in [-0.15, -0.1) is 0 Å². The summed E-state index contributed by atoms with van der Waals surface area (Å²) in [6.07, 6.45) is 0.782. The van der Waals surface area contributed by atoms with Crippen molar-refractivity contribution in [2.24, 2.45) is 11.3 Å². The van der Waals surface area contributed by atoms with E-state index in [2.05, 4.69) is 0 Å². The molecule has 15 heavy (non-hydrogen) atoms. The number of hydrogen-bond donors (Lipinski definition) is 1. The molecule has 1 fully saturated rings. The van der Waals surface area contributed by atoms with Crippen molar-refractivity contribution < 1.29 is 9.90 Å². The first-order valence-electron chi connectivity index (χ1n) is 5.37. The van der Waals surface area contributed by atoms with Crippen molar-refractivity contribution in [2.45, 2.75) is 26.2 Å². The molecular formula is C13H16O2. The average molecular weight is 204 g/mol. The zero-order valence-electron chi connectivity index (χ0n) is 9.10. The van der Waals surface area contributed by atoms with Gasteiger partial charge in [-0.3, -0.25) is 4.79 Å². The second-order valence-electron chi connectivity index (χ2n) is 4.67. The van der Waals surface area contributed by atoms with Crippen molar-refractivity contribution in [3.05, 3.63) is 35.9 Å². The summed E-state index contributed by atoms with van der Waals surface area (Å²) < 4.78 is 0. The van der Waals surface area contributed by atoms with Crippen LogP contribution in [-0.2, 0) is 4.79 Å². The van der Waals surface area contributed by atoms with Gasteiger partial charge in [0.2, 0.25) is 0 Å². The maximum absolute atomic E-state index is 11.3. The highest BCUT2D eigenvalue weighted by Gasteiger charge is 2.62. The minimum atomic E-state index is -0.647. The number of rotatable bonds is 3. The molecule has 2 nitrogen and oxygen atoms in total. The molecule has 0 saturated heterocycles. The number of carbonyl (C=O) groups is 1. The molecule has 1 N–H and O–H groups in total. The van der Waals surface area contributed by atoms with Gasteiger partial charge in [0.15, 0.2) is 0 Å². The molecule has 0 heterocycles. The van der Waals surface area contributed by atoms with Crippen LogP contribution in [0, 0.1) is 11.3 Å². The zero-order valence-corrected chi connectivity index (χ0v) is 9.10. The summed E-state index contributed by atoms with van der Waals surface area (Å²) in [6.45, 7) is 3.99. The molecule has 0 spiro atoms. The van der Waals surface area contributed by atoms with E-state index in [1.165, 1.54) is 0 Å². The van der Waals surface area contributed by atoms with Gasteiger partial charge >= 0.3 is 5.97 Å². The van der Waals surface area contributed by atoms with E-state index < -0.39 is 11.4 Å². The molecule has 1 saturated carbocycles. The third-order valence-electron chi connectivity index (χ3n) is 3.63. The smallest absolute Gasteiger partial charge is 0.310 e. The molecule has 0 radical (unpaired) electrons. The Morgan fingerprint density at radius 2 is 2.00 bits per heavy atom. The maximum Gasteiger partial charge on any atom is 0.310 e. The van der Waals surface area contributed by atoms with E-state index >= 15 is 0 Å². The highest BCUT2D eigenvalue weighted by Crippen LogP contribution is 2.63. The zero-order chi connectivity index (χ0) is 11.1. The molecule has 0 bridgehead atoms. The summed E-state index contributed by atoms with van der Waals surface area (Å²) in [5, 5.41) is 9.31. The Bertz CT molecular complexity index is 369. The minimum Gasteiger partial charge on any atom is -0.481 e. The van der Waals surface area contributed by atoms with Crippen LogP contribution in [0.1, 0.15) is 31.7 Å². The lowest BCUT2D eigenvalue weighted by molar-refractivity contribution is -0.145. The van der Waals surface area contributed by atoms with Gasteiger partial charge < -0.3 is 5.11 Å². The number of hydrogen-bond acceptors (Lipinski definition) is 1. The van der Waals surface area contributed by atoms with E-state index in [-0.39, 0.29) is 11.8 Å². The summed E-state index contributed by atoms with van der Waals surface area (Å²) in [5.74, 6) is -0.247. The molecule has 2 atom stereocenters. The quantitative estimate of drug-likeness (QED) is 0.822. The Kier molecular flexibility index (Phi) is 2.29. The number of carboxylic acid groups (broad SMARTS) is 1. The lowest BCUT2D eigenvalue weighted by Crippen LogP contribution is -2.23. The van der Waals surface area contributed by atoms with E-state index in [9.17, 15) is 9.90 Å². The van der Waals surface area contributed by atoms with Gasteiger partial charge in [-0.25, -0.2) is 0 Å². The Labute approximate surface area is 89.9 Å². The predicted octanol–water partition coefficient (Wildman–Crippen LogP) is 2.90. The van der Waals surface area contributed by atoms with Crippen LogP contribution in [0.4, 0.5) is 0 Å². The first kappa shape index (κ1) is 10.2. The van der Waals surface area contributed by atoms with Crippen LogP contribution in [-0.4, -0.2) is 11.1 Å². The highest BCUT2D eigenvalue weighted by atomic mass is 16.4. The summed E-state index contributed by atoms with van der Waals surface area (Å²) in [6, 6.07) is 9.96. The van der Waals surface area contributed by atoms with Crippen LogP contribution in [0.3, 0.4) is 0 Å². The molecule has 1 aliphatic carbocycles. The molecule has 2 unspecified atom stereocenters. The number of carboxylic acids is 1. The fourth-order valence-electron chi connectivity index (χ4n) is 2.50. The fraction of sp³-hybridized carbons (Fsp3) is 0.462. The molecule has 1 aromatic rings. The van der Waals surface area contributed by atoms with Crippen molar-refractivity contribution in [2.75, 3.05) is 0 Å². The first-order chi connectivity index (χ1) is 7.09. The van der Waals surface area contributed by atoms with Crippen molar-refractivity contribution in [3.63, 3.8) is 0 Å². The average Bonchev–Trinajstić information content (AvgIpc) is 2.95. The Hall–Kier alpha value is -1.31. The topological polar surface area (TPSA) is 37.3 Å². The third kappa shape index (κ3) is 1.44. The third-order valence-corrected chi connectivity index (χ3v) is 3.63. The van der Waals surface area contributed by atoms with Crippen LogP contribution >= 0.6 is 0 Å². The summed E-state index contributed by atoms with van der Waals surface area (Å²) >= 11 is 0. The van der Waals surface area contributed by atoms with Crippen molar-refractivity contribution in [3.8, 4) is 0 Å². The Balaban J connectivity index is 2.27. The normalized spacial score (nSPS) is 29.1. The monoisotopic (exact) mass is 204 g/mol. The SMILES string of the molecule is CC(C)C1(C(=O)O)CC1c1ccccc1. The Morgan fingerprint density at radius 1 is 1.40 bits per heavy atom. The van der Waals surface area contributed by atoms with E-state index in [0.29, 0.717) is 0 Å². The summed E-state index contributed by atoms with van der Waals surface area (Å²) in [7, 11) is 0. The Morgan fingerprint density at radius 3 is 2.40 bits per heavy atom. The van der Waals surface area contributed by atoms with Gasteiger partial charge in [-0.2, -0.15) is 0 Å². The number of benzene rings is 1. The van der Waals surface area contributed by atoms with Crippen LogP contribution in [0.25, 0.3) is 0 Å². The second-order valence-corrected chi connectivity index (χ2v) is 4.67. The fourth-order valence-corrected chi connectivity index (χ4v) is 2.50. The van der Waals surface area contributed by atoms with E-state index in [1.807, 2.05) is 44.2 Å². The van der Waals surface area contributed by atoms with Crippen LogP contribution in [0.2, 0.25) is 0 Å². The predicted molar refractivity (Wildman–Crippen MR) is 58.7 cm³/mol. The van der Waals surface area contributed by atoms with Crippen molar-refractivity contribution in [1.82, 2.24) is 0 Å². The molecule has 1 aliphatic rings. The van der Waals surface area contributed by atoms with Gasteiger partial charge in [0.25, 0.3) is 0 Å². The molecule has 0 amide bonds. The largest absolute Gasteiger partial charge is 0.481 e. The van der Waals surface area contributed by atoms with Crippen molar-refractivity contribution >= 4 is 5.97 Å². The van der Waals surface area contributed by atoms with Crippen molar-refractivity contribution in [1.29, 1.82) is 0 Å². The standard InChI is InChI=1S/C13H16O2/c1-9(2)13(12(14)15)8-11(13)10-6-4-3-5-7-10/h3-7,9,11H,8H2,1-2H3,(H,14,15). The van der Waals surface area contributed by atoms with Crippen LogP contribution in [0.15, 0.2) is 30.3 Å². The van der Waals surface area contributed by atoms with Gasteiger partial charge in [0, 0.05) is 5.92 Å². The molecule has 1 aromatic carbocycles. The highest BCUT2D eigenvalue weighted by molar-refractivity contribution is 5.81. The maximum atomic E-state index is 11.3. The molecule has 80 valence electrons. The second kappa shape index (κ2) is 3.37. The molecule has 2 rings (SSSR count). The van der Waals surface area contributed by atoms with Gasteiger partial charge in [0.1, 0.15) is 0 Å². The summed E-state index contributed by atoms with van der Waals surface area (Å²) in [4.78, 5) is 11.3. The molecular weight excluding hydrogens is 188 g/mol. The lowest BCUT2D eigenvalue weighted by atomic mass is 9.88.